The molecule has 0 heterocycles. The van der Waals surface area contributed by atoms with Gasteiger partial charge in [0.25, 0.3) is 0 Å². The second-order valence-corrected chi connectivity index (χ2v) is 22.4. The van der Waals surface area contributed by atoms with Gasteiger partial charge >= 0.3 is 17.9 Å². The second kappa shape index (κ2) is 69.8. The first-order chi connectivity index (χ1) is 41.0. The molecule has 0 aliphatic heterocycles. The summed E-state index contributed by atoms with van der Waals surface area (Å²) in [6.45, 7) is 6.46. The Labute approximate surface area is 512 Å². The molecule has 0 aromatic carbocycles. The molecule has 0 bridgehead atoms. The normalized spacial score (nSPS) is 13.0. The Balaban J connectivity index is 4.50. The molecule has 1 atom stereocenters. The van der Waals surface area contributed by atoms with Crippen LogP contribution in [0.15, 0.2) is 146 Å². The largest absolute Gasteiger partial charge is 0.462 e. The summed E-state index contributed by atoms with van der Waals surface area (Å²) in [6, 6.07) is 0. The van der Waals surface area contributed by atoms with Crippen LogP contribution < -0.4 is 0 Å². The van der Waals surface area contributed by atoms with E-state index in [-0.39, 0.29) is 37.5 Å². The maximum absolute atomic E-state index is 12.9. The Hall–Kier alpha value is -4.71. The highest BCUT2D eigenvalue weighted by molar-refractivity contribution is 5.71. The lowest BCUT2D eigenvalue weighted by Gasteiger charge is -2.18. The van der Waals surface area contributed by atoms with E-state index in [1.165, 1.54) is 128 Å². The van der Waals surface area contributed by atoms with Gasteiger partial charge in [-0.2, -0.15) is 0 Å². The van der Waals surface area contributed by atoms with Crippen LogP contribution in [0.1, 0.15) is 303 Å². The topological polar surface area (TPSA) is 78.9 Å². The molecule has 0 fully saturated rings. The molecule has 0 saturated carbocycles. The van der Waals surface area contributed by atoms with Crippen LogP contribution in [0, 0.1) is 0 Å². The Bertz CT molecular complexity index is 1800. The minimum Gasteiger partial charge on any atom is -0.462 e. The minimum atomic E-state index is -0.815. The van der Waals surface area contributed by atoms with Crippen molar-refractivity contribution in [1.82, 2.24) is 0 Å². The van der Waals surface area contributed by atoms with Crippen molar-refractivity contribution in [2.45, 2.75) is 309 Å². The molecule has 0 radical (unpaired) electrons. The highest BCUT2D eigenvalue weighted by Crippen LogP contribution is 2.16. The molecule has 83 heavy (non-hydrogen) atoms. The molecular formula is C77H126O6. The molecule has 470 valence electrons. The predicted octanol–water partition coefficient (Wildman–Crippen LogP) is 23.9. The maximum atomic E-state index is 12.9. The molecular weight excluding hydrogens is 1020 g/mol. The van der Waals surface area contributed by atoms with Gasteiger partial charge in [-0.25, -0.2) is 0 Å². The summed E-state index contributed by atoms with van der Waals surface area (Å²) in [4.78, 5) is 38.4. The van der Waals surface area contributed by atoms with Crippen LogP contribution in [0.25, 0.3) is 0 Å². The van der Waals surface area contributed by atoms with E-state index in [0.29, 0.717) is 19.3 Å². The summed E-state index contributed by atoms with van der Waals surface area (Å²) < 4.78 is 16.9. The van der Waals surface area contributed by atoms with Crippen LogP contribution in [-0.4, -0.2) is 37.2 Å². The van der Waals surface area contributed by atoms with Gasteiger partial charge in [-0.1, -0.05) is 308 Å². The van der Waals surface area contributed by atoms with Crippen molar-refractivity contribution in [1.29, 1.82) is 0 Å². The SMILES string of the molecule is CC/C=C\C/C=C\C/C=C\C/C=C\C/C=C\C/C=C\C/C=C\C/C=C\C/C=C\CCCC(=O)OCC(COC(=O)CCCCCCCCCCCCCCCCCCC)OC(=O)CCCCCCCC/C=C\C/C=C\C/C=C\CCCCC. The number of hydrogen-bond donors (Lipinski definition) is 0. The van der Waals surface area contributed by atoms with E-state index in [2.05, 4.69) is 167 Å². The van der Waals surface area contributed by atoms with E-state index in [0.717, 1.165) is 128 Å². The van der Waals surface area contributed by atoms with Crippen molar-refractivity contribution >= 4 is 17.9 Å². The van der Waals surface area contributed by atoms with Crippen molar-refractivity contribution < 1.29 is 28.6 Å². The molecule has 0 saturated heterocycles. The predicted molar refractivity (Wildman–Crippen MR) is 362 cm³/mol. The lowest BCUT2D eigenvalue weighted by Crippen LogP contribution is -2.30. The standard InChI is InChI=1S/C77H126O6/c1-4-7-10-13-16-19-22-25-28-31-33-34-35-36-37-38-39-40-41-42-44-46-49-52-55-58-61-64-67-70-76(79)82-73-74(72-81-75(78)69-66-63-60-57-54-51-48-45-30-27-24-21-18-15-12-9-6-3)83-77(80)71-68-65-62-59-56-53-50-47-43-32-29-26-23-20-17-14-11-8-5-2/h7,10,16-17,19-20,25-26,28-29,33-34,36-37,39-40,42-44,47,49,52,58,61,74H,4-6,8-9,11-15,18,21-24,27,30-32,35,38,41,45-46,48,50-51,53-57,59-60,62-73H2,1-3H3/b10-7-,19-16-,20-17-,28-25-,29-26-,34-33-,37-36-,40-39-,44-42-,47-43-,52-49-,61-58-. The third-order valence-corrected chi connectivity index (χ3v) is 14.3. The molecule has 6 nitrogen and oxygen atoms in total. The highest BCUT2D eigenvalue weighted by Gasteiger charge is 2.19. The van der Waals surface area contributed by atoms with Crippen LogP contribution in [0.4, 0.5) is 0 Å². The lowest BCUT2D eigenvalue weighted by atomic mass is 10.0. The van der Waals surface area contributed by atoms with E-state index >= 15 is 0 Å². The Morgan fingerprint density at radius 1 is 0.253 bits per heavy atom. The van der Waals surface area contributed by atoms with Crippen LogP contribution in [-0.2, 0) is 28.6 Å². The third kappa shape index (κ3) is 68.0. The Morgan fingerprint density at radius 2 is 0.482 bits per heavy atom. The highest BCUT2D eigenvalue weighted by atomic mass is 16.6. The Kier molecular flexibility index (Phi) is 65.8. The van der Waals surface area contributed by atoms with Crippen molar-refractivity contribution in [3.05, 3.63) is 146 Å². The van der Waals surface area contributed by atoms with Gasteiger partial charge in [0.2, 0.25) is 0 Å². The van der Waals surface area contributed by atoms with Gasteiger partial charge in [0.1, 0.15) is 13.2 Å². The monoisotopic (exact) mass is 1150 g/mol. The van der Waals surface area contributed by atoms with E-state index in [1.54, 1.807) is 0 Å². The van der Waals surface area contributed by atoms with Gasteiger partial charge in [0.15, 0.2) is 6.10 Å². The number of unbranched alkanes of at least 4 members (excludes halogenated alkanes) is 26. The van der Waals surface area contributed by atoms with E-state index in [9.17, 15) is 14.4 Å². The van der Waals surface area contributed by atoms with Crippen molar-refractivity contribution in [3.8, 4) is 0 Å². The molecule has 0 aromatic rings. The van der Waals surface area contributed by atoms with E-state index in [4.69, 9.17) is 14.2 Å². The molecule has 0 aliphatic rings. The van der Waals surface area contributed by atoms with Gasteiger partial charge in [-0.15, -0.1) is 0 Å². The number of carbonyl (C=O) groups is 3. The number of ether oxygens (including phenoxy) is 3. The van der Waals surface area contributed by atoms with Crippen LogP contribution in [0.5, 0.6) is 0 Å². The zero-order chi connectivity index (χ0) is 59.9. The zero-order valence-electron chi connectivity index (χ0n) is 53.9. The van der Waals surface area contributed by atoms with Crippen molar-refractivity contribution in [2.24, 2.45) is 0 Å². The summed E-state index contributed by atoms with van der Waals surface area (Å²) >= 11 is 0. The van der Waals surface area contributed by atoms with Gasteiger partial charge in [0.05, 0.1) is 0 Å². The summed E-state index contributed by atoms with van der Waals surface area (Å²) in [5.41, 5.74) is 0. The molecule has 1 unspecified atom stereocenters. The molecule has 0 N–H and O–H groups in total. The van der Waals surface area contributed by atoms with Gasteiger partial charge < -0.3 is 14.2 Å². The average Bonchev–Trinajstić information content (AvgIpc) is 3.49. The van der Waals surface area contributed by atoms with Gasteiger partial charge in [0, 0.05) is 19.3 Å². The lowest BCUT2D eigenvalue weighted by molar-refractivity contribution is -0.167. The average molecular weight is 1150 g/mol. The molecule has 0 rings (SSSR count). The quantitative estimate of drug-likeness (QED) is 0.0261. The van der Waals surface area contributed by atoms with Gasteiger partial charge in [-0.3, -0.25) is 14.4 Å². The van der Waals surface area contributed by atoms with E-state index in [1.807, 2.05) is 0 Å². The molecule has 6 heteroatoms. The number of esters is 3. The third-order valence-electron chi connectivity index (χ3n) is 14.3. The first-order valence-electron chi connectivity index (χ1n) is 34.3. The van der Waals surface area contributed by atoms with Gasteiger partial charge in [-0.05, 0) is 122 Å². The molecule has 0 amide bonds. The molecule has 0 spiro atoms. The fourth-order valence-electron chi connectivity index (χ4n) is 9.22. The summed E-state index contributed by atoms with van der Waals surface area (Å²) in [6.07, 6.45) is 100. The molecule has 0 aromatic heterocycles. The van der Waals surface area contributed by atoms with Crippen molar-refractivity contribution in [2.75, 3.05) is 13.2 Å². The molecule has 0 aliphatic carbocycles. The first kappa shape index (κ1) is 78.3. The van der Waals surface area contributed by atoms with Crippen LogP contribution >= 0.6 is 0 Å². The fraction of sp³-hybridized carbons (Fsp3) is 0.649. The van der Waals surface area contributed by atoms with Crippen LogP contribution in [0.3, 0.4) is 0 Å². The smallest absolute Gasteiger partial charge is 0.306 e. The van der Waals surface area contributed by atoms with Crippen LogP contribution in [0.2, 0.25) is 0 Å². The number of hydrogen-bond acceptors (Lipinski definition) is 6. The second-order valence-electron chi connectivity index (χ2n) is 22.4. The zero-order valence-corrected chi connectivity index (χ0v) is 53.9. The number of carbonyl (C=O) groups excluding carboxylic acids is 3. The fourth-order valence-corrected chi connectivity index (χ4v) is 9.22. The minimum absolute atomic E-state index is 0.104. The van der Waals surface area contributed by atoms with E-state index < -0.39 is 6.10 Å². The summed E-state index contributed by atoms with van der Waals surface area (Å²) in [7, 11) is 0. The number of allylic oxidation sites excluding steroid dienone is 24. The van der Waals surface area contributed by atoms with Crippen molar-refractivity contribution in [3.63, 3.8) is 0 Å². The Morgan fingerprint density at radius 3 is 0.807 bits per heavy atom. The summed E-state index contributed by atoms with van der Waals surface area (Å²) in [5, 5.41) is 0. The maximum Gasteiger partial charge on any atom is 0.306 e. The first-order valence-corrected chi connectivity index (χ1v) is 34.3. The summed E-state index contributed by atoms with van der Waals surface area (Å²) in [5.74, 6) is -0.973. The number of rotatable bonds is 61.